The Kier molecular flexibility index (Phi) is 5.04. The van der Waals surface area contributed by atoms with E-state index in [1.165, 1.54) is 11.3 Å². The monoisotopic (exact) mass is 307 g/mol. The van der Waals surface area contributed by atoms with Crippen molar-refractivity contribution in [1.82, 2.24) is 5.32 Å². The topological polar surface area (TPSA) is 58.6 Å². The Balaban J connectivity index is 1.95. The van der Waals surface area contributed by atoms with Crippen molar-refractivity contribution >= 4 is 17.2 Å². The van der Waals surface area contributed by atoms with E-state index in [4.69, 9.17) is 9.84 Å². The lowest BCUT2D eigenvalue weighted by Crippen LogP contribution is -2.62. The smallest absolute Gasteiger partial charge is 0.252 e. The van der Waals surface area contributed by atoms with Gasteiger partial charge in [-0.15, -0.1) is 11.3 Å². The minimum absolute atomic E-state index is 0.0405. The maximum absolute atomic E-state index is 12.2. The highest BCUT2D eigenvalue weighted by Crippen LogP contribution is 2.42. The third-order valence-electron chi connectivity index (χ3n) is 4.00. The number of carbonyl (C=O) groups excluding carboxylic acids is 1. The minimum Gasteiger partial charge on any atom is -0.384 e. The minimum atomic E-state index is -0.172. The van der Waals surface area contributed by atoms with Gasteiger partial charge in [-0.2, -0.15) is 0 Å². The molecule has 0 aliphatic heterocycles. The molecule has 5 heteroatoms. The molecule has 1 aliphatic carbocycles. The number of rotatable bonds is 4. The van der Waals surface area contributed by atoms with Crippen LogP contribution >= 0.6 is 11.3 Å². The van der Waals surface area contributed by atoms with Crippen molar-refractivity contribution < 1.29 is 14.6 Å². The van der Waals surface area contributed by atoms with Crippen LogP contribution in [0.5, 0.6) is 0 Å². The Morgan fingerprint density at radius 1 is 1.62 bits per heavy atom. The van der Waals surface area contributed by atoms with E-state index in [1.807, 2.05) is 6.92 Å². The van der Waals surface area contributed by atoms with Crippen molar-refractivity contribution in [1.29, 1.82) is 0 Å². The first-order valence-corrected chi connectivity index (χ1v) is 7.97. The van der Waals surface area contributed by atoms with E-state index >= 15 is 0 Å². The van der Waals surface area contributed by atoms with Crippen LogP contribution in [0.1, 0.15) is 42.4 Å². The van der Waals surface area contributed by atoms with Gasteiger partial charge in [0.25, 0.3) is 5.91 Å². The predicted molar refractivity (Wildman–Crippen MR) is 83.3 cm³/mol. The molecule has 0 radical (unpaired) electrons. The molecule has 0 aromatic carbocycles. The van der Waals surface area contributed by atoms with Gasteiger partial charge in [-0.05, 0) is 19.4 Å². The summed E-state index contributed by atoms with van der Waals surface area (Å²) < 4.78 is 5.67. The third kappa shape index (κ3) is 3.46. The Bertz CT molecular complexity index is 568. The van der Waals surface area contributed by atoms with E-state index in [9.17, 15) is 4.79 Å². The standard InChI is InChI=1S/C16H21NO3S/c1-4-20-14-9-13(16(14,2)3)17-15(19)11-8-12(21-10-11)6-5-7-18/h8,10,13-14,18H,4,7,9H2,1-3H3,(H,17,19). The zero-order chi connectivity index (χ0) is 15.5. The van der Waals surface area contributed by atoms with Crippen LogP contribution in [0.4, 0.5) is 0 Å². The summed E-state index contributed by atoms with van der Waals surface area (Å²) in [5.74, 6) is 5.32. The predicted octanol–water partition coefficient (Wildman–Crippen LogP) is 2.03. The lowest BCUT2D eigenvalue weighted by molar-refractivity contribution is -0.111. The fraction of sp³-hybridized carbons (Fsp3) is 0.562. The van der Waals surface area contributed by atoms with E-state index in [2.05, 4.69) is 31.0 Å². The van der Waals surface area contributed by atoms with Crippen molar-refractivity contribution in [2.45, 2.75) is 39.3 Å². The van der Waals surface area contributed by atoms with Gasteiger partial charge in [0.1, 0.15) is 6.61 Å². The van der Waals surface area contributed by atoms with Crippen LogP contribution in [0.25, 0.3) is 0 Å². The molecule has 2 atom stereocenters. The molecule has 0 saturated heterocycles. The van der Waals surface area contributed by atoms with Crippen LogP contribution in [0.2, 0.25) is 0 Å². The molecular formula is C16H21NO3S. The summed E-state index contributed by atoms with van der Waals surface area (Å²) in [5, 5.41) is 13.5. The van der Waals surface area contributed by atoms with Crippen LogP contribution in [0, 0.1) is 17.3 Å². The van der Waals surface area contributed by atoms with Crippen molar-refractivity contribution in [2.75, 3.05) is 13.2 Å². The summed E-state index contributed by atoms with van der Waals surface area (Å²) in [5.41, 5.74) is 0.583. The molecule has 4 nitrogen and oxygen atoms in total. The molecule has 21 heavy (non-hydrogen) atoms. The molecule has 1 aliphatic rings. The van der Waals surface area contributed by atoms with Gasteiger partial charge in [0.15, 0.2) is 0 Å². The highest BCUT2D eigenvalue weighted by atomic mass is 32.1. The first-order chi connectivity index (χ1) is 9.98. The molecule has 1 heterocycles. The number of hydrogen-bond acceptors (Lipinski definition) is 4. The maximum atomic E-state index is 12.2. The molecule has 1 fully saturated rings. The number of amides is 1. The molecule has 2 unspecified atom stereocenters. The lowest BCUT2D eigenvalue weighted by atomic mass is 9.64. The van der Waals surface area contributed by atoms with Gasteiger partial charge in [-0.3, -0.25) is 4.79 Å². The van der Waals surface area contributed by atoms with Crippen LogP contribution < -0.4 is 5.32 Å². The second-order valence-corrected chi connectivity index (χ2v) is 6.60. The fourth-order valence-electron chi connectivity index (χ4n) is 2.50. The Hall–Kier alpha value is -1.35. The molecular weight excluding hydrogens is 286 g/mol. The van der Waals surface area contributed by atoms with Crippen LogP contribution in [-0.4, -0.2) is 36.4 Å². The summed E-state index contributed by atoms with van der Waals surface area (Å²) in [6.45, 7) is 6.75. The summed E-state index contributed by atoms with van der Waals surface area (Å²) in [6.07, 6.45) is 1.06. The van der Waals surface area contributed by atoms with E-state index in [-0.39, 0.29) is 30.1 Å². The van der Waals surface area contributed by atoms with E-state index in [1.54, 1.807) is 11.4 Å². The molecule has 114 valence electrons. The Morgan fingerprint density at radius 2 is 2.38 bits per heavy atom. The number of aliphatic hydroxyl groups excluding tert-OH is 1. The Morgan fingerprint density at radius 3 is 3.00 bits per heavy atom. The van der Waals surface area contributed by atoms with E-state index < -0.39 is 0 Å². The van der Waals surface area contributed by atoms with Crippen molar-refractivity contribution in [2.24, 2.45) is 5.41 Å². The van der Waals surface area contributed by atoms with Gasteiger partial charge in [-0.25, -0.2) is 0 Å². The normalized spacial score (nSPS) is 22.9. The van der Waals surface area contributed by atoms with Gasteiger partial charge < -0.3 is 15.2 Å². The van der Waals surface area contributed by atoms with Crippen molar-refractivity contribution in [3.05, 3.63) is 21.9 Å². The number of thiophene rings is 1. The van der Waals surface area contributed by atoms with Gasteiger partial charge in [0.05, 0.1) is 16.5 Å². The summed E-state index contributed by atoms with van der Waals surface area (Å²) in [7, 11) is 0. The van der Waals surface area contributed by atoms with Crippen molar-refractivity contribution in [3.63, 3.8) is 0 Å². The summed E-state index contributed by atoms with van der Waals surface area (Å²) in [4.78, 5) is 13.0. The largest absolute Gasteiger partial charge is 0.384 e. The summed E-state index contributed by atoms with van der Waals surface area (Å²) in [6, 6.07) is 1.89. The molecule has 1 saturated carbocycles. The first-order valence-electron chi connectivity index (χ1n) is 7.09. The zero-order valence-corrected chi connectivity index (χ0v) is 13.4. The highest BCUT2D eigenvalue weighted by molar-refractivity contribution is 7.10. The van der Waals surface area contributed by atoms with Crippen LogP contribution in [-0.2, 0) is 4.74 Å². The molecule has 1 aromatic heterocycles. The number of carbonyl (C=O) groups is 1. The fourth-order valence-corrected chi connectivity index (χ4v) is 3.26. The Labute approximate surface area is 129 Å². The van der Waals surface area contributed by atoms with E-state index in [0.29, 0.717) is 12.2 Å². The van der Waals surface area contributed by atoms with Gasteiger partial charge in [0.2, 0.25) is 0 Å². The SMILES string of the molecule is CCOC1CC(NC(=O)c2csc(C#CCO)c2)C1(C)C. The van der Waals surface area contributed by atoms with Crippen LogP contribution in [0.15, 0.2) is 11.4 Å². The lowest BCUT2D eigenvalue weighted by Gasteiger charge is -2.51. The average Bonchev–Trinajstić information content (AvgIpc) is 2.92. The second-order valence-electron chi connectivity index (χ2n) is 5.69. The van der Waals surface area contributed by atoms with Gasteiger partial charge >= 0.3 is 0 Å². The van der Waals surface area contributed by atoms with Gasteiger partial charge in [0, 0.05) is 23.4 Å². The van der Waals surface area contributed by atoms with Crippen LogP contribution in [0.3, 0.4) is 0 Å². The quantitative estimate of drug-likeness (QED) is 0.837. The molecule has 1 amide bonds. The van der Waals surface area contributed by atoms with E-state index in [0.717, 1.165) is 11.3 Å². The molecule has 0 bridgehead atoms. The first kappa shape index (κ1) is 16.0. The number of aliphatic hydroxyl groups is 1. The van der Waals surface area contributed by atoms with Gasteiger partial charge in [-0.1, -0.05) is 25.7 Å². The highest BCUT2D eigenvalue weighted by Gasteiger charge is 2.49. The number of ether oxygens (including phenoxy) is 1. The van der Waals surface area contributed by atoms with Crippen molar-refractivity contribution in [3.8, 4) is 11.8 Å². The number of hydrogen-bond donors (Lipinski definition) is 2. The third-order valence-corrected chi connectivity index (χ3v) is 4.85. The zero-order valence-electron chi connectivity index (χ0n) is 12.6. The molecule has 0 spiro atoms. The molecule has 1 aromatic rings. The maximum Gasteiger partial charge on any atom is 0.252 e. The summed E-state index contributed by atoms with van der Waals surface area (Å²) >= 11 is 1.41. The number of nitrogens with one attached hydrogen (secondary N) is 1. The molecule has 2 rings (SSSR count). The average molecular weight is 307 g/mol. The molecule has 2 N–H and O–H groups in total. The second kappa shape index (κ2) is 6.61.